The third-order valence-corrected chi connectivity index (χ3v) is 15.1. The van der Waals surface area contributed by atoms with Gasteiger partial charge in [0.1, 0.15) is 51.9 Å². The number of benzene rings is 2. The number of sulfonamides is 1. The normalized spacial score (nSPS) is 25.0. The fourth-order valence-electron chi connectivity index (χ4n) is 9.26. The van der Waals surface area contributed by atoms with Gasteiger partial charge in [-0.15, -0.1) is 17.9 Å². The summed E-state index contributed by atoms with van der Waals surface area (Å²) >= 11 is 1.45. The van der Waals surface area contributed by atoms with Gasteiger partial charge < -0.3 is 40.4 Å². The molecule has 2 aromatic carbocycles. The Morgan fingerprint density at radius 1 is 0.970 bits per heavy atom. The maximum Gasteiger partial charge on any atom is 0.408 e. The van der Waals surface area contributed by atoms with E-state index < -0.39 is 63.5 Å². The summed E-state index contributed by atoms with van der Waals surface area (Å²) in [6, 6.07) is 11.5. The maximum atomic E-state index is 15.0. The molecule has 3 fully saturated rings. The number of ether oxygens (including phenoxy) is 3. The monoisotopic (exact) mass is 956 g/mol. The van der Waals surface area contributed by atoms with Crippen molar-refractivity contribution in [1.29, 1.82) is 0 Å². The molecule has 2 aliphatic heterocycles. The van der Waals surface area contributed by atoms with Crippen LogP contribution in [0.25, 0.3) is 22.3 Å². The van der Waals surface area contributed by atoms with Crippen LogP contribution in [0.4, 0.5) is 15.6 Å². The number of hydrogen-bond donors (Lipinski definition) is 5. The molecule has 0 radical (unpaired) electrons. The second-order valence-corrected chi connectivity index (χ2v) is 20.6. The van der Waals surface area contributed by atoms with Gasteiger partial charge in [0.05, 0.1) is 30.6 Å². The lowest BCUT2D eigenvalue weighted by Gasteiger charge is -2.30. The van der Waals surface area contributed by atoms with Crippen molar-refractivity contribution in [1.82, 2.24) is 30.2 Å². The van der Waals surface area contributed by atoms with Gasteiger partial charge in [0.25, 0.3) is 15.9 Å². The SMILES string of the molecule is C=C[C@@H]1C[C@@]12NC(=O)[C@@H]1C[C@@H](Oc3cc(-c4csc(NC(C)C)n4)nc4cc(OC)ccc34)CN1C(=O)[C@@H](NC(=O)OC1CCCC1)CCCCCCCNc1ccccc1S(=O)(=O)NC2=O. The molecule has 4 aromatic rings. The number of hydrogen-bond acceptors (Lipinski definition) is 14. The Morgan fingerprint density at radius 3 is 2.49 bits per heavy atom. The summed E-state index contributed by atoms with van der Waals surface area (Å²) in [5.41, 5.74) is 0.412. The van der Waals surface area contributed by atoms with Crippen LogP contribution in [0.5, 0.6) is 11.5 Å². The van der Waals surface area contributed by atoms with E-state index in [9.17, 15) is 27.6 Å². The second-order valence-electron chi connectivity index (χ2n) is 18.1. The van der Waals surface area contributed by atoms with Crippen LogP contribution in [0.1, 0.15) is 90.9 Å². The molecule has 0 unspecified atom stereocenters. The molecular weight excluding hydrogens is 897 g/mol. The summed E-state index contributed by atoms with van der Waals surface area (Å²) in [6.45, 7) is 8.35. The minimum atomic E-state index is -4.41. The van der Waals surface area contributed by atoms with Crippen molar-refractivity contribution in [3.05, 3.63) is 66.6 Å². The molecule has 17 nitrogen and oxygen atoms in total. The van der Waals surface area contributed by atoms with Crippen LogP contribution in [-0.4, -0.2) is 103 Å². The zero-order valence-corrected chi connectivity index (χ0v) is 39.8. The van der Waals surface area contributed by atoms with Gasteiger partial charge in [0.15, 0.2) is 5.13 Å². The lowest BCUT2D eigenvalue weighted by molar-refractivity contribution is -0.141. The van der Waals surface area contributed by atoms with Crippen LogP contribution in [0.3, 0.4) is 0 Å². The van der Waals surface area contributed by atoms with Crippen molar-refractivity contribution in [3.63, 3.8) is 0 Å². The molecule has 67 heavy (non-hydrogen) atoms. The van der Waals surface area contributed by atoms with E-state index >= 15 is 0 Å². The average Bonchev–Trinajstić information content (AvgIpc) is 3.71. The van der Waals surface area contributed by atoms with Crippen LogP contribution < -0.4 is 35.5 Å². The van der Waals surface area contributed by atoms with Gasteiger partial charge in [-0.3, -0.25) is 14.4 Å². The Labute approximate surface area is 395 Å². The van der Waals surface area contributed by atoms with Gasteiger partial charge in [0.2, 0.25) is 11.8 Å². The molecule has 4 heterocycles. The summed E-state index contributed by atoms with van der Waals surface area (Å²) in [6.07, 6.45) is 7.35. The number of carbonyl (C=O) groups excluding carboxylic acids is 4. The van der Waals surface area contributed by atoms with Crippen molar-refractivity contribution in [2.45, 2.75) is 132 Å². The van der Waals surface area contributed by atoms with E-state index in [1.807, 2.05) is 25.3 Å². The fourth-order valence-corrected chi connectivity index (χ4v) is 11.3. The van der Waals surface area contributed by atoms with Crippen LogP contribution in [0.2, 0.25) is 0 Å². The number of thiazole rings is 1. The summed E-state index contributed by atoms with van der Waals surface area (Å²) in [4.78, 5) is 68.4. The first-order valence-electron chi connectivity index (χ1n) is 23.3. The summed E-state index contributed by atoms with van der Waals surface area (Å²) in [5, 5.41) is 15.6. The van der Waals surface area contributed by atoms with Crippen LogP contribution in [-0.2, 0) is 29.1 Å². The number of nitrogens with zero attached hydrogens (tertiary/aromatic N) is 3. The van der Waals surface area contributed by atoms with Gasteiger partial charge in [-0.05, 0) is 83.1 Å². The topological polar surface area (TPSA) is 219 Å². The fraction of sp³-hybridized carbons (Fsp3) is 0.500. The molecule has 5 atom stereocenters. The molecule has 4 amide bonds. The van der Waals surface area contributed by atoms with E-state index in [0.29, 0.717) is 58.9 Å². The van der Waals surface area contributed by atoms with Crippen LogP contribution in [0, 0.1) is 5.92 Å². The number of rotatable bonds is 9. The van der Waals surface area contributed by atoms with Crippen molar-refractivity contribution in [2.24, 2.45) is 5.92 Å². The predicted molar refractivity (Wildman–Crippen MR) is 255 cm³/mol. The molecule has 2 aliphatic carbocycles. The Balaban J connectivity index is 1.13. The highest BCUT2D eigenvalue weighted by molar-refractivity contribution is 7.90. The van der Waals surface area contributed by atoms with Gasteiger partial charge in [0, 0.05) is 47.8 Å². The number of alkyl carbamates (subject to hydrolysis) is 1. The zero-order chi connectivity index (χ0) is 47.3. The molecule has 19 heteroatoms. The summed E-state index contributed by atoms with van der Waals surface area (Å²) in [7, 11) is -2.84. The first kappa shape index (κ1) is 47.5. The lowest BCUT2D eigenvalue weighted by Crippen LogP contribution is -2.58. The molecule has 2 aromatic heterocycles. The van der Waals surface area contributed by atoms with Crippen molar-refractivity contribution in [2.75, 3.05) is 30.8 Å². The van der Waals surface area contributed by atoms with Gasteiger partial charge in [-0.25, -0.2) is 27.9 Å². The van der Waals surface area contributed by atoms with E-state index in [4.69, 9.17) is 24.2 Å². The standard InChI is InChI=1S/C48H60N8O9S2/c1-5-30-26-48(30)45(59)55-67(61,62)42-19-13-12-17-35(42)49-22-14-8-6-7-9-18-36(53-47(60)65-31-15-10-11-16-31)44(58)56-27-33(24-40(56)43(57)54-48)64-41-25-38(39-28-66-46(52-39)50-29(2)3)51-37-23-32(63-4)20-21-34(37)41/h5,12-13,17,19-21,23,25,28-31,33,36,40,49H,1,6-11,14-16,18,22,24,26-27H2,2-4H3,(H,50,52)(H,53,60)(H,54,57)(H,55,59)/t30-,33-,36+,40+,48-/m1/s1. The first-order chi connectivity index (χ1) is 32.3. The molecule has 1 spiro atoms. The number of amides is 4. The maximum absolute atomic E-state index is 15.0. The number of carbonyl (C=O) groups is 4. The number of nitrogens with one attached hydrogen (secondary N) is 5. The van der Waals surface area contributed by atoms with E-state index in [1.54, 1.807) is 43.5 Å². The summed E-state index contributed by atoms with van der Waals surface area (Å²) < 4.78 is 48.1. The third kappa shape index (κ3) is 10.9. The second kappa shape index (κ2) is 20.5. The van der Waals surface area contributed by atoms with E-state index in [-0.39, 0.29) is 36.4 Å². The summed E-state index contributed by atoms with van der Waals surface area (Å²) in [5.74, 6) is -1.69. The quantitative estimate of drug-likeness (QED) is 0.108. The van der Waals surface area contributed by atoms with Gasteiger partial charge in [-0.2, -0.15) is 0 Å². The zero-order valence-electron chi connectivity index (χ0n) is 38.2. The largest absolute Gasteiger partial charge is 0.497 e. The smallest absolute Gasteiger partial charge is 0.408 e. The molecule has 1 saturated heterocycles. The molecule has 0 bridgehead atoms. The minimum Gasteiger partial charge on any atom is -0.497 e. The molecule has 2 saturated carbocycles. The molecule has 5 N–H and O–H groups in total. The molecule has 8 rings (SSSR count). The lowest BCUT2D eigenvalue weighted by atomic mass is 10.0. The van der Waals surface area contributed by atoms with E-state index in [0.717, 1.165) is 56.5 Å². The number of pyridine rings is 1. The number of aromatic nitrogens is 2. The molecule has 358 valence electrons. The van der Waals surface area contributed by atoms with E-state index in [2.05, 4.69) is 32.6 Å². The number of para-hydroxylation sites is 1. The van der Waals surface area contributed by atoms with Crippen molar-refractivity contribution >= 4 is 66.9 Å². The third-order valence-electron chi connectivity index (χ3n) is 12.9. The Hall–Kier alpha value is -5.95. The van der Waals surface area contributed by atoms with Crippen LogP contribution in [0.15, 0.2) is 71.5 Å². The minimum absolute atomic E-state index is 0.000919. The van der Waals surface area contributed by atoms with Gasteiger partial charge >= 0.3 is 6.09 Å². The highest BCUT2D eigenvalue weighted by atomic mass is 32.2. The van der Waals surface area contributed by atoms with Crippen molar-refractivity contribution in [3.8, 4) is 22.9 Å². The highest BCUT2D eigenvalue weighted by Crippen LogP contribution is 2.45. The Morgan fingerprint density at radius 2 is 1.73 bits per heavy atom. The molecule has 4 aliphatic rings. The average molecular weight is 957 g/mol. The van der Waals surface area contributed by atoms with E-state index in [1.165, 1.54) is 28.4 Å². The van der Waals surface area contributed by atoms with Crippen LogP contribution >= 0.6 is 11.3 Å². The predicted octanol–water partition coefficient (Wildman–Crippen LogP) is 6.91. The first-order valence-corrected chi connectivity index (χ1v) is 25.6. The number of anilines is 2. The molecular formula is C48H60N8O9S2. The van der Waals surface area contributed by atoms with Crippen molar-refractivity contribution < 1.29 is 41.8 Å². The Kier molecular flexibility index (Phi) is 14.5. The van der Waals surface area contributed by atoms with Gasteiger partial charge in [-0.1, -0.05) is 43.9 Å². The Bertz CT molecular complexity index is 2600. The number of methoxy groups -OCH3 is 1. The number of fused-ring (bicyclic) bond motifs is 3. The highest BCUT2D eigenvalue weighted by Gasteiger charge is 2.61.